The number of rotatable bonds is 6. The lowest BCUT2D eigenvalue weighted by Gasteiger charge is -2.64. The molecule has 238 valence electrons. The van der Waals surface area contributed by atoms with Gasteiger partial charge < -0.3 is 29.5 Å². The summed E-state index contributed by atoms with van der Waals surface area (Å²) in [5, 5.41) is 35.1. The van der Waals surface area contributed by atoms with Crippen LogP contribution in [0.2, 0.25) is 0 Å². The zero-order chi connectivity index (χ0) is 30.9. The number of aliphatic hydroxyl groups is 3. The van der Waals surface area contributed by atoms with Gasteiger partial charge in [-0.15, -0.1) is 0 Å². The summed E-state index contributed by atoms with van der Waals surface area (Å²) in [6, 6.07) is 0. The molecule has 0 bridgehead atoms. The summed E-state index contributed by atoms with van der Waals surface area (Å²) < 4.78 is 18.7. The minimum absolute atomic E-state index is 0.0120. The molecule has 8 heteroatoms. The van der Waals surface area contributed by atoms with Crippen molar-refractivity contribution in [3.63, 3.8) is 0 Å². The molecule has 1 spiro atoms. The lowest BCUT2D eigenvalue weighted by molar-refractivity contribution is -0.258. The van der Waals surface area contributed by atoms with E-state index in [0.29, 0.717) is 43.4 Å². The van der Waals surface area contributed by atoms with E-state index in [4.69, 9.17) is 14.2 Å². The van der Waals surface area contributed by atoms with Crippen molar-refractivity contribution in [2.45, 2.75) is 137 Å². The molecule has 3 N–H and O–H groups in total. The van der Waals surface area contributed by atoms with E-state index in [0.717, 1.165) is 6.42 Å². The van der Waals surface area contributed by atoms with Crippen LogP contribution in [-0.4, -0.2) is 69.5 Å². The zero-order valence-corrected chi connectivity index (χ0v) is 27.0. The molecule has 1 heterocycles. The molecule has 0 aromatic heterocycles. The number of aliphatic hydroxyl groups excluding tert-OH is 3. The quantitative estimate of drug-likeness (QED) is 0.312. The van der Waals surface area contributed by atoms with Crippen LogP contribution in [0.1, 0.15) is 94.4 Å². The van der Waals surface area contributed by atoms with Crippen molar-refractivity contribution in [3.05, 3.63) is 0 Å². The summed E-state index contributed by atoms with van der Waals surface area (Å²) >= 11 is 0. The molecule has 2 unspecified atom stereocenters. The van der Waals surface area contributed by atoms with Crippen LogP contribution < -0.4 is 0 Å². The molecule has 0 amide bonds. The normalized spacial score (nSPS) is 55.4. The molecule has 1 saturated heterocycles. The number of fused-ring (bicyclic) bond motifs is 4. The van der Waals surface area contributed by atoms with Crippen molar-refractivity contribution in [1.82, 2.24) is 0 Å². The van der Waals surface area contributed by atoms with Gasteiger partial charge in [-0.25, -0.2) is 0 Å². The van der Waals surface area contributed by atoms with Crippen LogP contribution in [0.4, 0.5) is 0 Å². The second kappa shape index (κ2) is 9.64. The van der Waals surface area contributed by atoms with Gasteiger partial charge in [0.15, 0.2) is 0 Å². The van der Waals surface area contributed by atoms with E-state index in [9.17, 15) is 24.9 Å². The van der Waals surface area contributed by atoms with Gasteiger partial charge in [0.1, 0.15) is 23.9 Å². The number of hydrogen-bond donors (Lipinski definition) is 3. The highest BCUT2D eigenvalue weighted by atomic mass is 16.6. The van der Waals surface area contributed by atoms with Gasteiger partial charge in [-0.05, 0) is 60.7 Å². The second-order valence-electron chi connectivity index (χ2n) is 16.4. The van der Waals surface area contributed by atoms with Gasteiger partial charge in [0.25, 0.3) is 0 Å². The molecular formula is C34H54O8. The Morgan fingerprint density at radius 2 is 1.52 bits per heavy atom. The highest BCUT2D eigenvalue weighted by Crippen LogP contribution is 2.76. The van der Waals surface area contributed by atoms with Crippen molar-refractivity contribution in [2.75, 3.05) is 0 Å². The average molecular weight is 591 g/mol. The molecular weight excluding hydrogens is 536 g/mol. The largest absolute Gasteiger partial charge is 0.462 e. The Bertz CT molecular complexity index is 1120. The maximum absolute atomic E-state index is 12.7. The number of hydrogen-bond acceptors (Lipinski definition) is 8. The minimum atomic E-state index is -1.02. The lowest BCUT2D eigenvalue weighted by Crippen LogP contribution is -2.72. The van der Waals surface area contributed by atoms with E-state index in [2.05, 4.69) is 48.5 Å². The first-order valence-electron chi connectivity index (χ1n) is 16.5. The molecule has 8 nitrogen and oxygen atoms in total. The van der Waals surface area contributed by atoms with Gasteiger partial charge in [0.05, 0.1) is 18.3 Å². The van der Waals surface area contributed by atoms with Crippen LogP contribution >= 0.6 is 0 Å². The summed E-state index contributed by atoms with van der Waals surface area (Å²) in [6.07, 6.45) is -0.777. The highest BCUT2D eigenvalue weighted by molar-refractivity contribution is 5.67. The fourth-order valence-electron chi connectivity index (χ4n) is 12.0. The predicted octanol–water partition coefficient (Wildman–Crippen LogP) is 4.12. The number of esters is 2. The van der Waals surface area contributed by atoms with Crippen LogP contribution in [-0.2, 0) is 23.8 Å². The Morgan fingerprint density at radius 1 is 0.881 bits per heavy atom. The topological polar surface area (TPSA) is 126 Å². The molecule has 0 aromatic carbocycles. The minimum Gasteiger partial charge on any atom is -0.462 e. The standard InChI is InChI=1S/C34H54O8/c1-15(2)17(4)31(7)14-22(31)16(3)21-12-23(40-18(5)35)25-24-26(28(39)29(33(21,25)9)41-19(6)36)32(8)11-10-20(37)13-34(32)30(42-34)27(24)38/h15-17,20-30,37-39H,10-14H2,1-9H3/t16-,17+,20-,21+,22+,23-,24-,25?,26?,27-,28-,29+,30+,31+,32+,33+,34+/m0/s1. The first-order chi connectivity index (χ1) is 19.5. The second-order valence-corrected chi connectivity index (χ2v) is 16.4. The molecule has 0 radical (unpaired) electrons. The van der Waals surface area contributed by atoms with Crippen molar-refractivity contribution in [1.29, 1.82) is 0 Å². The van der Waals surface area contributed by atoms with Gasteiger partial charge in [0, 0.05) is 48.9 Å². The number of ether oxygens (including phenoxy) is 3. The van der Waals surface area contributed by atoms with E-state index in [-0.39, 0.29) is 29.1 Å². The highest BCUT2D eigenvalue weighted by Gasteiger charge is 2.83. The molecule has 17 atom stereocenters. The van der Waals surface area contributed by atoms with Gasteiger partial charge >= 0.3 is 11.9 Å². The first kappa shape index (κ1) is 30.8. The maximum atomic E-state index is 12.7. The molecule has 6 rings (SSSR count). The Balaban J connectivity index is 1.46. The SMILES string of the molecule is CC(=O)O[C@H]1C[C@H]([C@H](C)[C@H]2C[C@]2(C)[C@H](C)C(C)C)[C@]2(C)C1[C@H]1C([C@H](O)[C@H]2OC(C)=O)[C@@]2(C)CC[C@H](O)C[C@]23O[C@@H]3[C@H]1O. The Hall–Kier alpha value is -1.22. The third kappa shape index (κ3) is 3.92. The maximum Gasteiger partial charge on any atom is 0.303 e. The van der Waals surface area contributed by atoms with Crippen LogP contribution in [0.25, 0.3) is 0 Å². The lowest BCUT2D eigenvalue weighted by atomic mass is 9.42. The van der Waals surface area contributed by atoms with E-state index >= 15 is 0 Å². The fourth-order valence-corrected chi connectivity index (χ4v) is 12.0. The van der Waals surface area contributed by atoms with E-state index in [1.165, 1.54) is 13.8 Å². The third-order valence-corrected chi connectivity index (χ3v) is 14.5. The van der Waals surface area contributed by atoms with Crippen molar-refractivity contribution < 1.29 is 39.1 Å². The van der Waals surface area contributed by atoms with Crippen molar-refractivity contribution in [2.24, 2.45) is 63.6 Å². The van der Waals surface area contributed by atoms with Crippen molar-refractivity contribution in [3.8, 4) is 0 Å². The summed E-state index contributed by atoms with van der Waals surface area (Å²) in [7, 11) is 0. The molecule has 6 fully saturated rings. The number of epoxide rings is 1. The Kier molecular flexibility index (Phi) is 7.07. The Labute approximate surface area is 251 Å². The van der Waals surface area contributed by atoms with Gasteiger partial charge in [-0.1, -0.05) is 48.5 Å². The van der Waals surface area contributed by atoms with Gasteiger partial charge in [0.2, 0.25) is 0 Å². The molecule has 1 aliphatic heterocycles. The average Bonchev–Trinajstić information content (AvgIpc) is 3.77. The van der Waals surface area contributed by atoms with E-state index < -0.39 is 70.9 Å². The summed E-state index contributed by atoms with van der Waals surface area (Å²) in [4.78, 5) is 25.3. The van der Waals surface area contributed by atoms with E-state index in [1.807, 2.05) is 0 Å². The zero-order valence-electron chi connectivity index (χ0n) is 27.0. The summed E-state index contributed by atoms with van der Waals surface area (Å²) in [5.41, 5.74) is -1.78. The fraction of sp³-hybridized carbons (Fsp3) is 0.941. The molecule has 42 heavy (non-hydrogen) atoms. The first-order valence-corrected chi connectivity index (χ1v) is 16.5. The van der Waals surface area contributed by atoms with Crippen LogP contribution in [0.5, 0.6) is 0 Å². The van der Waals surface area contributed by atoms with E-state index in [1.54, 1.807) is 0 Å². The summed E-state index contributed by atoms with van der Waals surface area (Å²) in [5.74, 6) is -0.144. The number of carbonyl (C=O) groups excluding carboxylic acids is 2. The molecule has 5 aliphatic carbocycles. The van der Waals surface area contributed by atoms with Gasteiger partial charge in [-0.2, -0.15) is 0 Å². The van der Waals surface area contributed by atoms with Gasteiger partial charge in [-0.3, -0.25) is 9.59 Å². The Morgan fingerprint density at radius 3 is 2.12 bits per heavy atom. The molecule has 0 aromatic rings. The third-order valence-electron chi connectivity index (χ3n) is 14.5. The molecule has 6 aliphatic rings. The summed E-state index contributed by atoms with van der Waals surface area (Å²) in [6.45, 7) is 18.7. The molecule has 5 saturated carbocycles. The van der Waals surface area contributed by atoms with Crippen LogP contribution in [0.15, 0.2) is 0 Å². The monoisotopic (exact) mass is 590 g/mol. The van der Waals surface area contributed by atoms with Crippen LogP contribution in [0, 0.1) is 63.6 Å². The van der Waals surface area contributed by atoms with Crippen LogP contribution in [0.3, 0.4) is 0 Å². The number of carbonyl (C=O) groups is 2. The predicted molar refractivity (Wildman–Crippen MR) is 155 cm³/mol. The van der Waals surface area contributed by atoms with Crippen molar-refractivity contribution >= 4 is 11.9 Å². The smallest absolute Gasteiger partial charge is 0.303 e.